The molecule has 2 aliphatic heterocycles. The first kappa shape index (κ1) is 16.6. The summed E-state index contributed by atoms with van der Waals surface area (Å²) in [5.41, 5.74) is 3.95. The third-order valence-electron chi connectivity index (χ3n) is 6.30. The number of fused-ring (bicyclic) bond motifs is 5. The molecular weight excluding hydrogens is 312 g/mol. The SMILES string of the molecule is CCC1CN2CCc3c([nH]c4cccc(OC)c34)[C@@H]2CC1CC(C)=O. The highest BCUT2D eigenvalue weighted by Crippen LogP contribution is 2.45. The smallest absolute Gasteiger partial charge is 0.130 e. The van der Waals surface area contributed by atoms with Crippen molar-refractivity contribution in [3.8, 4) is 5.75 Å². The molecule has 1 fully saturated rings. The van der Waals surface area contributed by atoms with Crippen LogP contribution in [0.15, 0.2) is 18.2 Å². The molecule has 4 nitrogen and oxygen atoms in total. The van der Waals surface area contributed by atoms with E-state index in [1.165, 1.54) is 22.2 Å². The number of carbonyl (C=O) groups is 1. The van der Waals surface area contributed by atoms with Crippen molar-refractivity contribution in [3.05, 3.63) is 29.5 Å². The maximum atomic E-state index is 11.8. The van der Waals surface area contributed by atoms with Crippen LogP contribution in [-0.2, 0) is 11.2 Å². The minimum Gasteiger partial charge on any atom is -0.496 e. The zero-order chi connectivity index (χ0) is 17.6. The summed E-state index contributed by atoms with van der Waals surface area (Å²) in [5.74, 6) is 2.43. The first-order chi connectivity index (χ1) is 12.1. The average Bonchev–Trinajstić information content (AvgIpc) is 2.99. The predicted octanol–water partition coefficient (Wildman–Crippen LogP) is 4.10. The van der Waals surface area contributed by atoms with Gasteiger partial charge in [0.05, 0.1) is 13.2 Å². The highest BCUT2D eigenvalue weighted by Gasteiger charge is 2.40. The number of aromatic nitrogens is 1. The van der Waals surface area contributed by atoms with E-state index in [1.54, 1.807) is 14.0 Å². The number of aromatic amines is 1. The molecule has 0 spiro atoms. The summed E-state index contributed by atoms with van der Waals surface area (Å²) in [6, 6.07) is 6.65. The monoisotopic (exact) mass is 340 g/mol. The maximum Gasteiger partial charge on any atom is 0.130 e. The second kappa shape index (κ2) is 6.49. The van der Waals surface area contributed by atoms with E-state index in [4.69, 9.17) is 4.74 Å². The lowest BCUT2D eigenvalue weighted by atomic mass is 9.75. The molecule has 1 aromatic heterocycles. The van der Waals surface area contributed by atoms with E-state index < -0.39 is 0 Å². The largest absolute Gasteiger partial charge is 0.496 e. The summed E-state index contributed by atoms with van der Waals surface area (Å²) < 4.78 is 5.62. The molecule has 1 N–H and O–H groups in total. The minimum atomic E-state index is 0.325. The average molecular weight is 340 g/mol. The van der Waals surface area contributed by atoms with Gasteiger partial charge < -0.3 is 14.5 Å². The van der Waals surface area contributed by atoms with Crippen molar-refractivity contribution < 1.29 is 9.53 Å². The number of methoxy groups -OCH3 is 1. The molecule has 1 aromatic carbocycles. The van der Waals surface area contributed by atoms with Crippen molar-refractivity contribution in [2.24, 2.45) is 11.8 Å². The van der Waals surface area contributed by atoms with Crippen molar-refractivity contribution in [1.82, 2.24) is 9.88 Å². The second-order valence-corrected chi connectivity index (χ2v) is 7.73. The lowest BCUT2D eigenvalue weighted by Crippen LogP contribution is -2.46. The number of H-pyrrole nitrogens is 1. The number of hydrogen-bond acceptors (Lipinski definition) is 3. The first-order valence-electron chi connectivity index (χ1n) is 9.53. The zero-order valence-electron chi connectivity index (χ0n) is 15.5. The second-order valence-electron chi connectivity index (χ2n) is 7.73. The predicted molar refractivity (Wildman–Crippen MR) is 100 cm³/mol. The van der Waals surface area contributed by atoms with Gasteiger partial charge in [0.25, 0.3) is 0 Å². The Hall–Kier alpha value is -1.81. The van der Waals surface area contributed by atoms with E-state index in [1.807, 2.05) is 6.07 Å². The number of nitrogens with zero attached hydrogens (tertiary/aromatic N) is 1. The molecule has 3 atom stereocenters. The van der Waals surface area contributed by atoms with E-state index in [0.29, 0.717) is 23.7 Å². The first-order valence-corrected chi connectivity index (χ1v) is 9.53. The van der Waals surface area contributed by atoms with Crippen molar-refractivity contribution in [1.29, 1.82) is 0 Å². The molecule has 2 aliphatic rings. The number of hydrogen-bond donors (Lipinski definition) is 1. The van der Waals surface area contributed by atoms with Gasteiger partial charge in [-0.05, 0) is 49.3 Å². The van der Waals surface area contributed by atoms with Crippen LogP contribution in [0.2, 0.25) is 0 Å². The van der Waals surface area contributed by atoms with Crippen LogP contribution in [0.1, 0.15) is 50.4 Å². The maximum absolute atomic E-state index is 11.8. The van der Waals surface area contributed by atoms with Gasteiger partial charge in [-0.3, -0.25) is 4.90 Å². The molecule has 0 amide bonds. The number of carbonyl (C=O) groups excluding carboxylic acids is 1. The fourth-order valence-corrected chi connectivity index (χ4v) is 5.11. The Morgan fingerprint density at radius 3 is 2.92 bits per heavy atom. The van der Waals surface area contributed by atoms with E-state index in [-0.39, 0.29) is 0 Å². The lowest BCUT2D eigenvalue weighted by Gasteiger charge is -2.46. The molecule has 2 aromatic rings. The van der Waals surface area contributed by atoms with E-state index in [9.17, 15) is 4.79 Å². The number of rotatable bonds is 4. The fraction of sp³-hybridized carbons (Fsp3) is 0.571. The van der Waals surface area contributed by atoms with Crippen molar-refractivity contribution in [3.63, 3.8) is 0 Å². The third kappa shape index (κ3) is 2.77. The fourth-order valence-electron chi connectivity index (χ4n) is 5.11. The van der Waals surface area contributed by atoms with Gasteiger partial charge in [0.15, 0.2) is 0 Å². The molecular formula is C21H28N2O2. The normalized spacial score (nSPS) is 26.3. The Kier molecular flexibility index (Phi) is 4.32. The third-order valence-corrected chi connectivity index (χ3v) is 6.30. The van der Waals surface area contributed by atoms with Crippen LogP contribution in [0.5, 0.6) is 5.75 Å². The lowest BCUT2D eigenvalue weighted by molar-refractivity contribution is -0.119. The van der Waals surface area contributed by atoms with Gasteiger partial charge in [-0.15, -0.1) is 0 Å². The molecule has 2 unspecified atom stereocenters. The number of ketones is 1. The van der Waals surface area contributed by atoms with Gasteiger partial charge >= 0.3 is 0 Å². The Labute approximate surface area is 149 Å². The van der Waals surface area contributed by atoms with Gasteiger partial charge in [0.2, 0.25) is 0 Å². The van der Waals surface area contributed by atoms with Crippen LogP contribution in [0.25, 0.3) is 10.9 Å². The summed E-state index contributed by atoms with van der Waals surface area (Å²) in [4.78, 5) is 18.1. The van der Waals surface area contributed by atoms with Crippen LogP contribution < -0.4 is 4.74 Å². The molecule has 4 rings (SSSR count). The van der Waals surface area contributed by atoms with Gasteiger partial charge in [-0.25, -0.2) is 0 Å². The Morgan fingerprint density at radius 2 is 2.20 bits per heavy atom. The number of piperidine rings is 1. The topological polar surface area (TPSA) is 45.3 Å². The zero-order valence-corrected chi connectivity index (χ0v) is 15.5. The summed E-state index contributed by atoms with van der Waals surface area (Å²) in [6.07, 6.45) is 4.04. The van der Waals surface area contributed by atoms with E-state index >= 15 is 0 Å². The number of ether oxygens (including phenoxy) is 1. The molecule has 0 aliphatic carbocycles. The molecule has 25 heavy (non-hydrogen) atoms. The number of Topliss-reactive ketones (excluding diaryl/α,β-unsaturated/α-hetero) is 1. The van der Waals surface area contributed by atoms with E-state index in [2.05, 4.69) is 28.9 Å². The molecule has 3 heterocycles. The Morgan fingerprint density at radius 1 is 1.36 bits per heavy atom. The summed E-state index contributed by atoms with van der Waals surface area (Å²) in [6.45, 7) is 6.22. The van der Waals surface area contributed by atoms with Crippen molar-refractivity contribution in [2.45, 2.75) is 45.6 Å². The standard InChI is InChI=1S/C21H28N2O2/c1-4-14-12-23-9-8-16-20-17(6-5-7-19(20)25-3)22-21(16)18(23)11-15(14)10-13(2)24/h5-7,14-15,18,22H,4,8-12H2,1-3H3/t14?,15?,18-/m0/s1. The molecule has 0 saturated carbocycles. The van der Waals surface area contributed by atoms with Gasteiger partial charge in [0, 0.05) is 36.1 Å². The van der Waals surface area contributed by atoms with Crippen LogP contribution in [0.3, 0.4) is 0 Å². The molecule has 1 saturated heterocycles. The highest BCUT2D eigenvalue weighted by atomic mass is 16.5. The van der Waals surface area contributed by atoms with Gasteiger partial charge in [-0.2, -0.15) is 0 Å². The van der Waals surface area contributed by atoms with Crippen LogP contribution in [-0.4, -0.2) is 35.9 Å². The molecule has 0 bridgehead atoms. The number of nitrogens with one attached hydrogen (secondary N) is 1. The number of benzene rings is 1. The highest BCUT2D eigenvalue weighted by molar-refractivity contribution is 5.91. The van der Waals surface area contributed by atoms with Crippen LogP contribution in [0.4, 0.5) is 0 Å². The Balaban J connectivity index is 1.74. The Bertz CT molecular complexity index is 795. The summed E-state index contributed by atoms with van der Waals surface area (Å²) in [5, 5.41) is 1.25. The minimum absolute atomic E-state index is 0.325. The van der Waals surface area contributed by atoms with Crippen LogP contribution >= 0.6 is 0 Å². The molecule has 0 radical (unpaired) electrons. The quantitative estimate of drug-likeness (QED) is 0.911. The van der Waals surface area contributed by atoms with Crippen LogP contribution in [0, 0.1) is 11.8 Å². The molecule has 4 heteroatoms. The van der Waals surface area contributed by atoms with Crippen molar-refractivity contribution >= 4 is 16.7 Å². The van der Waals surface area contributed by atoms with Crippen molar-refractivity contribution in [2.75, 3.05) is 20.2 Å². The van der Waals surface area contributed by atoms with E-state index in [0.717, 1.165) is 44.5 Å². The summed E-state index contributed by atoms with van der Waals surface area (Å²) in [7, 11) is 1.75. The summed E-state index contributed by atoms with van der Waals surface area (Å²) >= 11 is 0. The van der Waals surface area contributed by atoms with Gasteiger partial charge in [-0.1, -0.05) is 19.4 Å². The molecule has 134 valence electrons. The van der Waals surface area contributed by atoms with Gasteiger partial charge in [0.1, 0.15) is 11.5 Å².